The first-order valence-electron chi connectivity index (χ1n) is 10.6. The molecule has 0 bridgehead atoms. The Morgan fingerprint density at radius 2 is 1.94 bits per heavy atom. The number of methoxy groups -OCH3 is 1. The van der Waals surface area contributed by atoms with Crippen molar-refractivity contribution < 1.29 is 27.1 Å². The van der Waals surface area contributed by atoms with Crippen LogP contribution in [0.15, 0.2) is 39.6 Å². The largest absolute Gasteiger partial charge is 0.465 e. The number of ether oxygens (including phenoxy) is 2. The molecule has 2 N–H and O–H groups in total. The van der Waals surface area contributed by atoms with Gasteiger partial charge in [0, 0.05) is 38.9 Å². The molecule has 0 radical (unpaired) electrons. The van der Waals surface area contributed by atoms with Crippen molar-refractivity contribution in [1.82, 2.24) is 14.9 Å². The van der Waals surface area contributed by atoms with Gasteiger partial charge in [0.1, 0.15) is 11.5 Å². The molecule has 10 heteroatoms. The lowest BCUT2D eigenvalue weighted by Crippen LogP contribution is -2.43. The number of aryl methyl sites for hydroxylation is 2. The fourth-order valence-corrected chi connectivity index (χ4v) is 4.63. The van der Waals surface area contributed by atoms with E-state index in [1.807, 2.05) is 19.1 Å². The summed E-state index contributed by atoms with van der Waals surface area (Å²) in [6.45, 7) is 7.12. The number of hydrogen-bond acceptors (Lipinski definition) is 7. The average molecular weight is 466 g/mol. The van der Waals surface area contributed by atoms with Crippen LogP contribution in [0, 0.1) is 13.8 Å². The zero-order chi connectivity index (χ0) is 23.1. The predicted molar refractivity (Wildman–Crippen MR) is 119 cm³/mol. The van der Waals surface area contributed by atoms with Crippen LogP contribution in [0.4, 0.5) is 0 Å². The summed E-state index contributed by atoms with van der Waals surface area (Å²) in [5, 5.41) is 2.96. The highest BCUT2D eigenvalue weighted by Gasteiger charge is 2.26. The molecule has 1 fully saturated rings. The Morgan fingerprint density at radius 1 is 1.19 bits per heavy atom. The number of furan rings is 1. The van der Waals surface area contributed by atoms with Gasteiger partial charge in [-0.3, -0.25) is 9.69 Å². The summed E-state index contributed by atoms with van der Waals surface area (Å²) >= 11 is 0. The van der Waals surface area contributed by atoms with Gasteiger partial charge in [0.05, 0.1) is 30.8 Å². The quantitative estimate of drug-likeness (QED) is 0.513. The Kier molecular flexibility index (Phi) is 8.44. The van der Waals surface area contributed by atoms with E-state index in [0.717, 1.165) is 24.6 Å². The third kappa shape index (κ3) is 6.17. The topological polar surface area (TPSA) is 110 Å². The molecule has 1 unspecified atom stereocenters. The molecule has 1 amide bonds. The number of carbonyl (C=O) groups is 1. The maximum absolute atomic E-state index is 13.0. The van der Waals surface area contributed by atoms with E-state index in [-0.39, 0.29) is 30.0 Å². The second kappa shape index (κ2) is 11.1. The monoisotopic (exact) mass is 465 g/mol. The Hall–Kier alpha value is -2.24. The average Bonchev–Trinajstić information content (AvgIpc) is 3.20. The molecule has 9 nitrogen and oxygen atoms in total. The third-order valence-electron chi connectivity index (χ3n) is 5.39. The maximum Gasteiger partial charge on any atom is 0.251 e. The van der Waals surface area contributed by atoms with Crippen LogP contribution in [-0.2, 0) is 19.5 Å². The zero-order valence-electron chi connectivity index (χ0n) is 18.7. The van der Waals surface area contributed by atoms with E-state index in [2.05, 4.69) is 14.9 Å². The van der Waals surface area contributed by atoms with Crippen molar-refractivity contribution in [2.24, 2.45) is 0 Å². The number of nitrogens with one attached hydrogen (secondary N) is 2. The van der Waals surface area contributed by atoms with Crippen LogP contribution in [0.5, 0.6) is 0 Å². The normalized spacial score (nSPS) is 16.1. The molecule has 0 saturated carbocycles. The van der Waals surface area contributed by atoms with Gasteiger partial charge in [-0.05, 0) is 43.7 Å². The van der Waals surface area contributed by atoms with E-state index < -0.39 is 10.0 Å². The summed E-state index contributed by atoms with van der Waals surface area (Å²) in [5.41, 5.74) is 1.01. The van der Waals surface area contributed by atoms with Crippen molar-refractivity contribution in [3.8, 4) is 0 Å². The fraction of sp³-hybridized carbons (Fsp3) is 0.500. The molecular formula is C22H31N3O6S. The van der Waals surface area contributed by atoms with Crippen molar-refractivity contribution >= 4 is 15.9 Å². The number of hydrogen-bond donors (Lipinski definition) is 2. The first-order chi connectivity index (χ1) is 15.3. The number of carbonyl (C=O) groups excluding carboxylic acids is 1. The van der Waals surface area contributed by atoms with E-state index in [1.54, 1.807) is 13.0 Å². The predicted octanol–water partition coefficient (Wildman–Crippen LogP) is 1.62. The SMILES string of the molecule is COCCNS(=O)(=O)c1ccc(C)c(C(=O)NCC(c2ccc(C)o2)N2CCOCC2)c1. The lowest BCUT2D eigenvalue weighted by atomic mass is 10.1. The highest BCUT2D eigenvalue weighted by Crippen LogP contribution is 2.24. The van der Waals surface area contributed by atoms with Crippen LogP contribution in [0.1, 0.15) is 33.5 Å². The van der Waals surface area contributed by atoms with Crippen LogP contribution >= 0.6 is 0 Å². The Labute approximate surface area is 189 Å². The molecule has 1 aliphatic heterocycles. The van der Waals surface area contributed by atoms with Gasteiger partial charge in [-0.2, -0.15) is 0 Å². The van der Waals surface area contributed by atoms with E-state index in [1.165, 1.54) is 19.2 Å². The second-order valence-electron chi connectivity index (χ2n) is 7.69. The van der Waals surface area contributed by atoms with Gasteiger partial charge in [0.25, 0.3) is 5.91 Å². The molecular weight excluding hydrogens is 434 g/mol. The smallest absolute Gasteiger partial charge is 0.251 e. The molecule has 1 aliphatic rings. The van der Waals surface area contributed by atoms with Crippen molar-refractivity contribution in [2.45, 2.75) is 24.8 Å². The first kappa shape index (κ1) is 24.4. The molecule has 1 aromatic heterocycles. The summed E-state index contributed by atoms with van der Waals surface area (Å²) in [4.78, 5) is 15.3. The minimum Gasteiger partial charge on any atom is -0.465 e. The minimum absolute atomic E-state index is 0.0377. The zero-order valence-corrected chi connectivity index (χ0v) is 19.5. The Bertz CT molecular complexity index is 1010. The third-order valence-corrected chi connectivity index (χ3v) is 6.85. The van der Waals surface area contributed by atoms with E-state index in [0.29, 0.717) is 30.9 Å². The van der Waals surface area contributed by atoms with Crippen molar-refractivity contribution in [3.63, 3.8) is 0 Å². The number of amides is 1. The van der Waals surface area contributed by atoms with E-state index >= 15 is 0 Å². The number of benzene rings is 1. The van der Waals surface area contributed by atoms with Gasteiger partial charge in [-0.25, -0.2) is 13.1 Å². The van der Waals surface area contributed by atoms with Gasteiger partial charge in [0.15, 0.2) is 0 Å². The lowest BCUT2D eigenvalue weighted by molar-refractivity contribution is 0.0117. The van der Waals surface area contributed by atoms with Crippen LogP contribution < -0.4 is 10.0 Å². The summed E-state index contributed by atoms with van der Waals surface area (Å²) < 4.78 is 43.7. The molecule has 3 rings (SSSR count). The molecule has 0 spiro atoms. The molecule has 1 atom stereocenters. The molecule has 0 aliphatic carbocycles. The van der Waals surface area contributed by atoms with Gasteiger partial charge in [0.2, 0.25) is 10.0 Å². The van der Waals surface area contributed by atoms with Gasteiger partial charge >= 0.3 is 0 Å². The fourth-order valence-electron chi connectivity index (χ4n) is 3.59. The van der Waals surface area contributed by atoms with Crippen molar-refractivity contribution in [3.05, 3.63) is 53.0 Å². The highest BCUT2D eigenvalue weighted by molar-refractivity contribution is 7.89. The first-order valence-corrected chi connectivity index (χ1v) is 12.1. The lowest BCUT2D eigenvalue weighted by Gasteiger charge is -2.33. The molecule has 32 heavy (non-hydrogen) atoms. The molecule has 1 aromatic carbocycles. The summed E-state index contributed by atoms with van der Waals surface area (Å²) in [6, 6.07) is 8.21. The maximum atomic E-state index is 13.0. The molecule has 176 valence electrons. The Balaban J connectivity index is 1.75. The minimum atomic E-state index is -3.74. The van der Waals surface area contributed by atoms with E-state index in [4.69, 9.17) is 13.9 Å². The van der Waals surface area contributed by atoms with Crippen LogP contribution in [-0.4, -0.2) is 72.3 Å². The van der Waals surface area contributed by atoms with Gasteiger partial charge in [-0.1, -0.05) is 6.07 Å². The number of rotatable bonds is 10. The van der Waals surface area contributed by atoms with Gasteiger partial charge < -0.3 is 19.2 Å². The molecule has 2 heterocycles. The van der Waals surface area contributed by atoms with Gasteiger partial charge in [-0.15, -0.1) is 0 Å². The number of nitrogens with zero attached hydrogens (tertiary/aromatic N) is 1. The van der Waals surface area contributed by atoms with Crippen LogP contribution in [0.3, 0.4) is 0 Å². The molecule has 2 aromatic rings. The van der Waals surface area contributed by atoms with E-state index in [9.17, 15) is 13.2 Å². The number of morpholine rings is 1. The highest BCUT2D eigenvalue weighted by atomic mass is 32.2. The van der Waals surface area contributed by atoms with Crippen LogP contribution in [0.2, 0.25) is 0 Å². The Morgan fingerprint density at radius 3 is 2.59 bits per heavy atom. The number of sulfonamides is 1. The van der Waals surface area contributed by atoms with Crippen molar-refractivity contribution in [2.75, 3.05) is 53.1 Å². The summed E-state index contributed by atoms with van der Waals surface area (Å²) in [7, 11) is -2.24. The molecule has 1 saturated heterocycles. The van der Waals surface area contributed by atoms with Crippen LogP contribution in [0.25, 0.3) is 0 Å². The standard InChI is InChI=1S/C22H31N3O6S/c1-16-4-6-18(32(27,28)24-8-11-29-3)14-19(16)22(26)23-15-20(21-7-5-17(2)31-21)25-9-12-30-13-10-25/h4-7,14,20,24H,8-13,15H2,1-3H3,(H,23,26). The second-order valence-corrected chi connectivity index (χ2v) is 9.46. The summed E-state index contributed by atoms with van der Waals surface area (Å²) in [5.74, 6) is 1.25. The van der Waals surface area contributed by atoms with Crippen molar-refractivity contribution in [1.29, 1.82) is 0 Å². The summed E-state index contributed by atoms with van der Waals surface area (Å²) in [6.07, 6.45) is 0.